The minimum absolute atomic E-state index is 0.0267. The van der Waals surface area contributed by atoms with E-state index in [4.69, 9.17) is 16.3 Å². The zero-order valence-electron chi connectivity index (χ0n) is 8.44. The molecule has 0 aliphatic carbocycles. The average molecular weight is 242 g/mol. The summed E-state index contributed by atoms with van der Waals surface area (Å²) in [5, 5.41) is 1.24. The van der Waals surface area contributed by atoms with Crippen LogP contribution in [0.1, 0.15) is 4.88 Å². The van der Waals surface area contributed by atoms with E-state index in [2.05, 4.69) is 10.4 Å². The summed E-state index contributed by atoms with van der Waals surface area (Å²) in [6.07, 6.45) is 0.820. The zero-order valence-corrected chi connectivity index (χ0v) is 10.0. The molecule has 2 rings (SSSR count). The maximum Gasteiger partial charge on any atom is 0.0843 e. The molecule has 1 unspecified atom stereocenters. The second-order valence-electron chi connectivity index (χ2n) is 3.38. The van der Waals surface area contributed by atoms with Gasteiger partial charge in [-0.25, -0.2) is 0 Å². The number of hydrogen-bond donors (Lipinski definition) is 0. The molecule has 80 valence electrons. The lowest BCUT2D eigenvalue weighted by molar-refractivity contribution is 0.198. The summed E-state index contributed by atoms with van der Waals surface area (Å²) in [5.41, 5.74) is 1.05. The Labute approximate surface area is 98.0 Å². The van der Waals surface area contributed by atoms with Crippen molar-refractivity contribution in [1.82, 2.24) is 4.37 Å². The first-order valence-electron chi connectivity index (χ1n) is 4.77. The van der Waals surface area contributed by atoms with Crippen LogP contribution in [0, 0.1) is 0 Å². The van der Waals surface area contributed by atoms with Crippen LogP contribution in [0.2, 0.25) is 0 Å². The molecule has 0 saturated heterocycles. The fourth-order valence-corrected chi connectivity index (χ4v) is 2.82. The van der Waals surface area contributed by atoms with Gasteiger partial charge in [-0.3, -0.25) is 0 Å². The second kappa shape index (κ2) is 4.92. The smallest absolute Gasteiger partial charge is 0.0843 e. The van der Waals surface area contributed by atoms with Gasteiger partial charge in [0.2, 0.25) is 0 Å². The van der Waals surface area contributed by atoms with Crippen LogP contribution in [0.5, 0.6) is 0 Å². The molecule has 0 N–H and O–H groups in total. The van der Waals surface area contributed by atoms with Crippen molar-refractivity contribution >= 4 is 34.0 Å². The minimum Gasteiger partial charge on any atom is -0.383 e. The molecule has 0 fully saturated rings. The standard InChI is InChI=1S/C11H12ClNOS/c1-14-7-8(12)6-11-9-4-2-3-5-10(9)13-15-11/h2-5,8H,6-7H2,1H3. The largest absolute Gasteiger partial charge is 0.383 e. The van der Waals surface area contributed by atoms with Gasteiger partial charge < -0.3 is 4.74 Å². The van der Waals surface area contributed by atoms with E-state index in [1.807, 2.05) is 18.2 Å². The molecular formula is C11H12ClNOS. The molecule has 0 aliphatic heterocycles. The normalized spacial score (nSPS) is 13.2. The molecular weight excluding hydrogens is 230 g/mol. The fourth-order valence-electron chi connectivity index (χ4n) is 1.53. The molecule has 2 nitrogen and oxygen atoms in total. The summed E-state index contributed by atoms with van der Waals surface area (Å²) in [5.74, 6) is 0. The van der Waals surface area contributed by atoms with Crippen LogP contribution in [0.3, 0.4) is 0 Å². The fraction of sp³-hybridized carbons (Fsp3) is 0.364. The van der Waals surface area contributed by atoms with Gasteiger partial charge in [-0.1, -0.05) is 18.2 Å². The average Bonchev–Trinajstić information content (AvgIpc) is 2.62. The molecule has 0 radical (unpaired) electrons. The van der Waals surface area contributed by atoms with Crippen molar-refractivity contribution in [2.45, 2.75) is 11.8 Å². The van der Waals surface area contributed by atoms with Gasteiger partial charge in [0.25, 0.3) is 0 Å². The van der Waals surface area contributed by atoms with E-state index >= 15 is 0 Å². The lowest BCUT2D eigenvalue weighted by Gasteiger charge is -2.05. The number of aromatic nitrogens is 1. The third kappa shape index (κ3) is 2.48. The van der Waals surface area contributed by atoms with Crippen LogP contribution in [0.15, 0.2) is 24.3 Å². The van der Waals surface area contributed by atoms with Gasteiger partial charge in [-0.05, 0) is 17.6 Å². The third-order valence-electron chi connectivity index (χ3n) is 2.21. The van der Waals surface area contributed by atoms with Crippen molar-refractivity contribution in [3.63, 3.8) is 0 Å². The Morgan fingerprint density at radius 3 is 3.07 bits per heavy atom. The van der Waals surface area contributed by atoms with Crippen LogP contribution < -0.4 is 0 Å². The molecule has 1 atom stereocenters. The maximum absolute atomic E-state index is 6.13. The van der Waals surface area contributed by atoms with Gasteiger partial charge in [-0.15, -0.1) is 11.6 Å². The molecule has 0 amide bonds. The van der Waals surface area contributed by atoms with Gasteiger partial charge in [0, 0.05) is 23.8 Å². The number of benzene rings is 1. The van der Waals surface area contributed by atoms with E-state index in [-0.39, 0.29) is 5.38 Å². The predicted octanol–water partition coefficient (Wildman–Crippen LogP) is 3.09. The van der Waals surface area contributed by atoms with Gasteiger partial charge in [0.05, 0.1) is 17.5 Å². The number of halogens is 1. The molecule has 1 heterocycles. The summed E-state index contributed by atoms with van der Waals surface area (Å²) in [7, 11) is 1.67. The number of methoxy groups -OCH3 is 1. The van der Waals surface area contributed by atoms with Gasteiger partial charge in [0.15, 0.2) is 0 Å². The summed E-state index contributed by atoms with van der Waals surface area (Å²) in [6, 6.07) is 8.14. The zero-order chi connectivity index (χ0) is 10.7. The van der Waals surface area contributed by atoms with E-state index in [9.17, 15) is 0 Å². The van der Waals surface area contributed by atoms with Crippen LogP contribution >= 0.6 is 23.1 Å². The van der Waals surface area contributed by atoms with Gasteiger partial charge >= 0.3 is 0 Å². The first-order valence-corrected chi connectivity index (χ1v) is 5.98. The van der Waals surface area contributed by atoms with Crippen LogP contribution in [-0.4, -0.2) is 23.5 Å². The quantitative estimate of drug-likeness (QED) is 0.768. The predicted molar refractivity (Wildman–Crippen MR) is 64.8 cm³/mol. The third-order valence-corrected chi connectivity index (χ3v) is 3.39. The molecule has 4 heteroatoms. The molecule has 0 saturated carbocycles. The molecule has 0 aliphatic rings. The number of hydrogen-bond acceptors (Lipinski definition) is 3. The van der Waals surface area contributed by atoms with Crippen molar-refractivity contribution in [2.24, 2.45) is 0 Å². The first-order chi connectivity index (χ1) is 7.31. The van der Waals surface area contributed by atoms with Gasteiger partial charge in [-0.2, -0.15) is 4.37 Å². The summed E-state index contributed by atoms with van der Waals surface area (Å²) < 4.78 is 9.39. The van der Waals surface area contributed by atoms with Crippen molar-refractivity contribution in [2.75, 3.05) is 13.7 Å². The highest BCUT2D eigenvalue weighted by atomic mass is 35.5. The van der Waals surface area contributed by atoms with Crippen molar-refractivity contribution in [3.05, 3.63) is 29.1 Å². The minimum atomic E-state index is 0.0267. The Balaban J connectivity index is 2.21. The van der Waals surface area contributed by atoms with E-state index in [0.717, 1.165) is 11.9 Å². The number of rotatable bonds is 4. The van der Waals surface area contributed by atoms with Crippen LogP contribution in [0.4, 0.5) is 0 Å². The monoisotopic (exact) mass is 241 g/mol. The highest BCUT2D eigenvalue weighted by Gasteiger charge is 2.10. The molecule has 0 bridgehead atoms. The van der Waals surface area contributed by atoms with E-state index < -0.39 is 0 Å². The van der Waals surface area contributed by atoms with Crippen LogP contribution in [0.25, 0.3) is 10.9 Å². The number of alkyl halides is 1. The topological polar surface area (TPSA) is 22.1 Å². The summed E-state index contributed by atoms with van der Waals surface area (Å²) in [6.45, 7) is 0.577. The van der Waals surface area contributed by atoms with Crippen molar-refractivity contribution in [1.29, 1.82) is 0 Å². The van der Waals surface area contributed by atoms with E-state index in [1.165, 1.54) is 21.8 Å². The molecule has 15 heavy (non-hydrogen) atoms. The van der Waals surface area contributed by atoms with Crippen molar-refractivity contribution in [3.8, 4) is 0 Å². The highest BCUT2D eigenvalue weighted by molar-refractivity contribution is 7.07. The molecule has 2 aromatic rings. The highest BCUT2D eigenvalue weighted by Crippen LogP contribution is 2.24. The summed E-state index contributed by atoms with van der Waals surface area (Å²) >= 11 is 7.65. The lowest BCUT2D eigenvalue weighted by atomic mass is 10.1. The lowest BCUT2D eigenvalue weighted by Crippen LogP contribution is -2.09. The van der Waals surface area contributed by atoms with E-state index in [1.54, 1.807) is 7.11 Å². The Hall–Kier alpha value is -0.640. The second-order valence-corrected chi connectivity index (χ2v) is 4.85. The Bertz CT molecular complexity index is 443. The Morgan fingerprint density at radius 1 is 1.47 bits per heavy atom. The SMILES string of the molecule is COCC(Cl)Cc1snc2ccccc12. The molecule has 1 aromatic carbocycles. The number of nitrogens with zero attached hydrogens (tertiary/aromatic N) is 1. The number of ether oxygens (including phenoxy) is 1. The molecule has 0 spiro atoms. The van der Waals surface area contributed by atoms with E-state index in [0.29, 0.717) is 6.61 Å². The Kier molecular flexibility index (Phi) is 3.57. The summed E-state index contributed by atoms with van der Waals surface area (Å²) in [4.78, 5) is 1.24. The molecule has 1 aromatic heterocycles. The van der Waals surface area contributed by atoms with Crippen LogP contribution in [-0.2, 0) is 11.2 Å². The van der Waals surface area contributed by atoms with Crippen molar-refractivity contribution < 1.29 is 4.74 Å². The first kappa shape index (κ1) is 10.9. The maximum atomic E-state index is 6.13. The Morgan fingerprint density at radius 2 is 2.27 bits per heavy atom. The van der Waals surface area contributed by atoms with Gasteiger partial charge in [0.1, 0.15) is 0 Å². The number of fused-ring (bicyclic) bond motifs is 1.